The fourth-order valence-corrected chi connectivity index (χ4v) is 4.69. The topological polar surface area (TPSA) is 49.9 Å². The van der Waals surface area contributed by atoms with E-state index >= 15 is 0 Å². The summed E-state index contributed by atoms with van der Waals surface area (Å²) in [5, 5.41) is 2.04. The molecule has 2 aromatic rings. The highest BCUT2D eigenvalue weighted by molar-refractivity contribution is 7.10. The number of rotatable bonds is 6. The fraction of sp³-hybridized carbons (Fsp3) is 0.500. The summed E-state index contributed by atoms with van der Waals surface area (Å²) in [6, 6.07) is 7.67. The van der Waals surface area contributed by atoms with Crippen molar-refractivity contribution in [2.75, 3.05) is 19.7 Å². The highest BCUT2D eigenvalue weighted by Gasteiger charge is 2.36. The van der Waals surface area contributed by atoms with Gasteiger partial charge in [0.2, 0.25) is 11.8 Å². The third-order valence-electron chi connectivity index (χ3n) is 5.50. The molecule has 0 radical (unpaired) electrons. The summed E-state index contributed by atoms with van der Waals surface area (Å²) in [6.45, 7) is 10.4. The van der Waals surface area contributed by atoms with E-state index < -0.39 is 5.54 Å². The van der Waals surface area contributed by atoms with Gasteiger partial charge in [0.25, 0.3) is 0 Å². The second-order valence-electron chi connectivity index (χ2n) is 9.17. The van der Waals surface area contributed by atoms with E-state index in [2.05, 4.69) is 0 Å². The first-order chi connectivity index (χ1) is 14.6. The lowest BCUT2D eigenvalue weighted by Crippen LogP contribution is -2.54. The van der Waals surface area contributed by atoms with E-state index in [1.54, 1.807) is 28.4 Å². The van der Waals surface area contributed by atoms with Crippen molar-refractivity contribution in [2.45, 2.75) is 52.6 Å². The van der Waals surface area contributed by atoms with Crippen LogP contribution in [-0.4, -0.2) is 46.8 Å². The second kappa shape index (κ2) is 9.39. The molecule has 1 aliphatic heterocycles. The lowest BCUT2D eigenvalue weighted by molar-refractivity contribution is -0.148. The third-order valence-corrected chi connectivity index (χ3v) is 6.50. The first-order valence-corrected chi connectivity index (χ1v) is 11.5. The Morgan fingerprint density at radius 3 is 2.52 bits per heavy atom. The summed E-state index contributed by atoms with van der Waals surface area (Å²) < 4.78 is 19.1. The monoisotopic (exact) mass is 446 g/mol. The Kier molecular flexibility index (Phi) is 7.04. The van der Waals surface area contributed by atoms with Crippen LogP contribution in [0, 0.1) is 11.7 Å². The Hall–Kier alpha value is -2.41. The normalized spacial score (nSPS) is 16.2. The van der Waals surface area contributed by atoms with Crippen molar-refractivity contribution in [2.24, 2.45) is 5.92 Å². The Bertz CT molecular complexity index is 918. The van der Waals surface area contributed by atoms with Crippen molar-refractivity contribution in [3.8, 4) is 5.75 Å². The number of nitrogens with zero attached hydrogens (tertiary/aromatic N) is 2. The minimum atomic E-state index is -0.458. The highest BCUT2D eigenvalue weighted by atomic mass is 32.1. The minimum absolute atomic E-state index is 0.0341. The molecule has 0 saturated carbocycles. The molecule has 2 amide bonds. The molecule has 0 fully saturated rings. The Balaban J connectivity index is 1.80. The van der Waals surface area contributed by atoms with Crippen molar-refractivity contribution in [1.82, 2.24) is 9.80 Å². The minimum Gasteiger partial charge on any atom is -0.491 e. The van der Waals surface area contributed by atoms with Gasteiger partial charge in [0.05, 0.1) is 6.04 Å². The number of thiophene rings is 1. The number of ether oxygens (including phenoxy) is 1. The van der Waals surface area contributed by atoms with Crippen molar-refractivity contribution in [3.63, 3.8) is 0 Å². The zero-order chi connectivity index (χ0) is 22.8. The number of carbonyl (C=O) groups excluding carboxylic acids is 2. The van der Waals surface area contributed by atoms with E-state index in [4.69, 9.17) is 4.74 Å². The lowest BCUT2D eigenvalue weighted by atomic mass is 9.99. The molecule has 0 saturated heterocycles. The number of halogens is 1. The molecule has 1 aliphatic rings. The molecule has 0 unspecified atom stereocenters. The van der Waals surface area contributed by atoms with Gasteiger partial charge in [-0.25, -0.2) is 4.39 Å². The largest absolute Gasteiger partial charge is 0.491 e. The van der Waals surface area contributed by atoms with E-state index in [9.17, 15) is 14.0 Å². The van der Waals surface area contributed by atoms with E-state index in [0.717, 1.165) is 12.0 Å². The second-order valence-corrected chi connectivity index (χ2v) is 10.2. The SMILES string of the molecule is CC(C)C(=O)N(CC(=O)N1CCc2sccc2[C@H]1COc1ccc(F)cc1)C(C)(C)C. The van der Waals surface area contributed by atoms with Crippen LogP contribution in [0.25, 0.3) is 0 Å². The van der Waals surface area contributed by atoms with Crippen LogP contribution in [0.3, 0.4) is 0 Å². The molecule has 3 rings (SSSR count). The molecule has 0 aliphatic carbocycles. The molecule has 0 N–H and O–H groups in total. The molecule has 5 nitrogen and oxygen atoms in total. The average molecular weight is 447 g/mol. The number of hydrogen-bond donors (Lipinski definition) is 0. The number of hydrogen-bond acceptors (Lipinski definition) is 4. The molecular weight excluding hydrogens is 415 g/mol. The van der Waals surface area contributed by atoms with Gasteiger partial charge in [-0.3, -0.25) is 9.59 Å². The van der Waals surface area contributed by atoms with Crippen LogP contribution >= 0.6 is 11.3 Å². The molecule has 31 heavy (non-hydrogen) atoms. The first kappa shape index (κ1) is 23.3. The van der Waals surface area contributed by atoms with Gasteiger partial charge in [0.15, 0.2) is 0 Å². The molecule has 7 heteroatoms. The molecular formula is C24H31FN2O3S. The van der Waals surface area contributed by atoms with Crippen molar-refractivity contribution in [1.29, 1.82) is 0 Å². The van der Waals surface area contributed by atoms with Crippen LogP contribution < -0.4 is 4.74 Å². The molecule has 1 aromatic carbocycles. The number of benzene rings is 1. The molecule has 168 valence electrons. The van der Waals surface area contributed by atoms with E-state index in [0.29, 0.717) is 12.3 Å². The van der Waals surface area contributed by atoms with Crippen LogP contribution in [0.15, 0.2) is 35.7 Å². The van der Waals surface area contributed by atoms with Crippen LogP contribution in [0.5, 0.6) is 5.75 Å². The van der Waals surface area contributed by atoms with Gasteiger partial charge in [-0.1, -0.05) is 13.8 Å². The van der Waals surface area contributed by atoms with Crippen LogP contribution in [0.4, 0.5) is 4.39 Å². The summed E-state index contributed by atoms with van der Waals surface area (Å²) in [5.74, 6) is -0.0716. The summed E-state index contributed by atoms with van der Waals surface area (Å²) in [6.07, 6.45) is 0.791. The van der Waals surface area contributed by atoms with E-state index in [1.807, 2.05) is 51.0 Å². The summed E-state index contributed by atoms with van der Waals surface area (Å²) in [7, 11) is 0. The molecule has 0 bridgehead atoms. The van der Waals surface area contributed by atoms with Crippen LogP contribution in [-0.2, 0) is 16.0 Å². The van der Waals surface area contributed by atoms with Crippen molar-refractivity contribution in [3.05, 3.63) is 52.0 Å². The van der Waals surface area contributed by atoms with Gasteiger partial charge in [-0.15, -0.1) is 11.3 Å². The van der Waals surface area contributed by atoms with E-state index in [1.165, 1.54) is 17.0 Å². The van der Waals surface area contributed by atoms with Gasteiger partial charge in [0, 0.05) is 22.9 Å². The van der Waals surface area contributed by atoms with Gasteiger partial charge in [-0.2, -0.15) is 0 Å². The van der Waals surface area contributed by atoms with Gasteiger partial charge >= 0.3 is 0 Å². The number of fused-ring (bicyclic) bond motifs is 1. The zero-order valence-electron chi connectivity index (χ0n) is 18.9. The maximum absolute atomic E-state index is 13.4. The van der Waals surface area contributed by atoms with Gasteiger partial charge in [-0.05, 0) is 68.5 Å². The Morgan fingerprint density at radius 1 is 1.23 bits per heavy atom. The Labute approximate surface area is 187 Å². The maximum Gasteiger partial charge on any atom is 0.242 e. The zero-order valence-corrected chi connectivity index (χ0v) is 19.7. The lowest BCUT2D eigenvalue weighted by Gasteiger charge is -2.40. The van der Waals surface area contributed by atoms with Crippen LogP contribution in [0.2, 0.25) is 0 Å². The van der Waals surface area contributed by atoms with Crippen LogP contribution in [0.1, 0.15) is 51.1 Å². The van der Waals surface area contributed by atoms with Crippen molar-refractivity contribution < 1.29 is 18.7 Å². The molecule has 1 atom stereocenters. The van der Waals surface area contributed by atoms with Crippen molar-refractivity contribution >= 4 is 23.2 Å². The van der Waals surface area contributed by atoms with E-state index in [-0.39, 0.29) is 42.7 Å². The predicted octanol–water partition coefficient (Wildman–Crippen LogP) is 4.68. The number of carbonyl (C=O) groups is 2. The summed E-state index contributed by atoms with van der Waals surface area (Å²) >= 11 is 1.69. The first-order valence-electron chi connectivity index (χ1n) is 10.6. The molecule has 0 spiro atoms. The standard InChI is InChI=1S/C24H31FN2O3S/c1-16(2)23(29)27(24(3,4)5)14-22(28)26-12-10-21-19(11-13-31-21)20(26)15-30-18-8-6-17(25)7-9-18/h6-9,11,13,16,20H,10,12,14-15H2,1-5H3/t20-/m1/s1. The summed E-state index contributed by atoms with van der Waals surface area (Å²) in [4.78, 5) is 30.9. The number of amides is 2. The average Bonchev–Trinajstić information content (AvgIpc) is 3.18. The molecule has 2 heterocycles. The quantitative estimate of drug-likeness (QED) is 0.648. The fourth-order valence-electron chi connectivity index (χ4n) is 3.76. The summed E-state index contributed by atoms with van der Waals surface area (Å²) in [5.41, 5.74) is 0.629. The molecule has 1 aromatic heterocycles. The highest BCUT2D eigenvalue weighted by Crippen LogP contribution is 2.34. The maximum atomic E-state index is 13.4. The Morgan fingerprint density at radius 2 is 1.90 bits per heavy atom. The van der Waals surface area contributed by atoms with Gasteiger partial charge < -0.3 is 14.5 Å². The van der Waals surface area contributed by atoms with Gasteiger partial charge in [0.1, 0.15) is 24.7 Å². The predicted molar refractivity (Wildman–Crippen MR) is 121 cm³/mol. The third kappa shape index (κ3) is 5.45. The smallest absolute Gasteiger partial charge is 0.242 e.